The van der Waals surface area contributed by atoms with Crippen molar-refractivity contribution in [1.29, 1.82) is 0 Å². The number of aromatic nitrogens is 1. The van der Waals surface area contributed by atoms with Gasteiger partial charge in [0.2, 0.25) is 5.91 Å². The Kier molecular flexibility index (Phi) is 5.46. The summed E-state index contributed by atoms with van der Waals surface area (Å²) in [6.45, 7) is 3.49. The van der Waals surface area contributed by atoms with Gasteiger partial charge in [-0.25, -0.2) is 4.98 Å². The van der Waals surface area contributed by atoms with E-state index in [0.29, 0.717) is 5.82 Å². The average Bonchev–Trinajstić information content (AvgIpc) is 2.59. The maximum Gasteiger partial charge on any atom is 0.325 e. The Bertz CT molecular complexity index is 686. The second kappa shape index (κ2) is 7.54. The van der Waals surface area contributed by atoms with Gasteiger partial charge in [0.1, 0.15) is 12.4 Å². The summed E-state index contributed by atoms with van der Waals surface area (Å²) in [5.41, 5.74) is 1.66. The summed E-state index contributed by atoms with van der Waals surface area (Å²) in [7, 11) is 1.30. The van der Waals surface area contributed by atoms with Gasteiger partial charge in [-0.1, -0.05) is 36.4 Å². The van der Waals surface area contributed by atoms with Crippen LogP contribution in [0.3, 0.4) is 0 Å². The van der Waals surface area contributed by atoms with Crippen LogP contribution in [0.4, 0.5) is 5.82 Å². The predicted octanol–water partition coefficient (Wildman–Crippen LogP) is 2.70. The van der Waals surface area contributed by atoms with E-state index in [1.807, 2.05) is 56.3 Å². The second-order valence-electron chi connectivity index (χ2n) is 5.27. The maximum absolute atomic E-state index is 12.9. The third kappa shape index (κ3) is 4.16. The number of carbonyl (C=O) groups excluding carboxylic acids is 2. The summed E-state index contributed by atoms with van der Waals surface area (Å²) in [5.74, 6) is -0.618. The van der Waals surface area contributed by atoms with Crippen LogP contribution in [0.15, 0.2) is 48.5 Å². The number of hydrogen-bond donors (Lipinski definition) is 0. The van der Waals surface area contributed by atoms with E-state index in [2.05, 4.69) is 4.98 Å². The molecular weight excluding hydrogens is 292 g/mol. The number of amides is 1. The first kappa shape index (κ1) is 16.7. The zero-order valence-electron chi connectivity index (χ0n) is 13.5. The van der Waals surface area contributed by atoms with Crippen molar-refractivity contribution >= 4 is 17.7 Å². The van der Waals surface area contributed by atoms with Gasteiger partial charge in [-0.2, -0.15) is 0 Å². The number of nitrogens with zero attached hydrogens (tertiary/aromatic N) is 2. The van der Waals surface area contributed by atoms with Crippen molar-refractivity contribution in [2.45, 2.75) is 19.8 Å². The van der Waals surface area contributed by atoms with E-state index in [0.717, 1.165) is 11.3 Å². The Hall–Kier alpha value is -2.69. The molecule has 0 bridgehead atoms. The van der Waals surface area contributed by atoms with E-state index in [9.17, 15) is 9.59 Å². The average molecular weight is 312 g/mol. The van der Waals surface area contributed by atoms with Gasteiger partial charge < -0.3 is 4.74 Å². The summed E-state index contributed by atoms with van der Waals surface area (Å²) >= 11 is 0. The lowest BCUT2D eigenvalue weighted by atomic mass is 10.00. The van der Waals surface area contributed by atoms with Crippen molar-refractivity contribution in [3.05, 3.63) is 59.8 Å². The highest BCUT2D eigenvalue weighted by Gasteiger charge is 2.26. The molecule has 1 amide bonds. The lowest BCUT2D eigenvalue weighted by Crippen LogP contribution is -2.39. The minimum atomic E-state index is -0.484. The molecular formula is C18H20N2O3. The Balaban J connectivity index is 2.33. The summed E-state index contributed by atoms with van der Waals surface area (Å²) in [6, 6.07) is 14.8. The van der Waals surface area contributed by atoms with E-state index in [-0.39, 0.29) is 18.4 Å². The summed E-state index contributed by atoms with van der Waals surface area (Å²) in [5, 5.41) is 0. The highest BCUT2D eigenvalue weighted by Crippen LogP contribution is 2.21. The number of benzene rings is 1. The van der Waals surface area contributed by atoms with E-state index in [1.54, 1.807) is 6.07 Å². The predicted molar refractivity (Wildman–Crippen MR) is 88.2 cm³/mol. The number of ether oxygens (including phenoxy) is 1. The van der Waals surface area contributed by atoms with Crippen molar-refractivity contribution in [1.82, 2.24) is 4.98 Å². The molecule has 0 N–H and O–H groups in total. The van der Waals surface area contributed by atoms with Crippen molar-refractivity contribution in [3.8, 4) is 0 Å². The molecule has 5 heteroatoms. The van der Waals surface area contributed by atoms with Crippen LogP contribution in [0.25, 0.3) is 0 Å². The van der Waals surface area contributed by atoms with Crippen molar-refractivity contribution in [2.24, 2.45) is 0 Å². The van der Waals surface area contributed by atoms with Gasteiger partial charge in [0, 0.05) is 5.69 Å². The number of carbonyl (C=O) groups is 2. The molecule has 23 heavy (non-hydrogen) atoms. The SMILES string of the molecule is COC(=O)CN(C(=O)[C@H](C)c1ccccc1)c1cccc(C)n1. The minimum Gasteiger partial charge on any atom is -0.468 e. The first-order valence-electron chi connectivity index (χ1n) is 7.39. The molecule has 2 rings (SSSR count). The normalized spacial score (nSPS) is 11.6. The fourth-order valence-corrected chi connectivity index (χ4v) is 2.26. The van der Waals surface area contributed by atoms with Crippen LogP contribution in [0.5, 0.6) is 0 Å². The largest absolute Gasteiger partial charge is 0.468 e. The number of rotatable bonds is 5. The Morgan fingerprint density at radius 2 is 1.83 bits per heavy atom. The van der Waals surface area contributed by atoms with Gasteiger partial charge in [-0.15, -0.1) is 0 Å². The molecule has 120 valence electrons. The Labute approximate surface area is 135 Å². The molecule has 5 nitrogen and oxygen atoms in total. The van der Waals surface area contributed by atoms with Gasteiger partial charge >= 0.3 is 5.97 Å². The molecule has 0 unspecified atom stereocenters. The summed E-state index contributed by atoms with van der Waals surface area (Å²) < 4.78 is 4.71. The van der Waals surface area contributed by atoms with Crippen LogP contribution in [0.1, 0.15) is 24.1 Å². The van der Waals surface area contributed by atoms with Gasteiger partial charge in [-0.05, 0) is 31.5 Å². The van der Waals surface area contributed by atoms with Crippen molar-refractivity contribution in [3.63, 3.8) is 0 Å². The zero-order valence-corrected chi connectivity index (χ0v) is 13.5. The van der Waals surface area contributed by atoms with E-state index in [1.165, 1.54) is 12.0 Å². The molecule has 0 fully saturated rings. The first-order valence-corrected chi connectivity index (χ1v) is 7.39. The molecule has 1 aromatic carbocycles. The number of hydrogen-bond acceptors (Lipinski definition) is 4. The van der Waals surface area contributed by atoms with Crippen molar-refractivity contribution in [2.75, 3.05) is 18.6 Å². The van der Waals surface area contributed by atoms with Gasteiger partial charge in [0.15, 0.2) is 0 Å². The lowest BCUT2D eigenvalue weighted by Gasteiger charge is -2.24. The molecule has 1 atom stereocenters. The minimum absolute atomic E-state index is 0.164. The number of esters is 1. The Morgan fingerprint density at radius 1 is 1.13 bits per heavy atom. The summed E-state index contributed by atoms with van der Waals surface area (Å²) in [4.78, 5) is 30.3. The van der Waals surface area contributed by atoms with E-state index in [4.69, 9.17) is 4.74 Å². The third-order valence-corrected chi connectivity index (χ3v) is 3.60. The molecule has 0 aliphatic carbocycles. The second-order valence-corrected chi connectivity index (χ2v) is 5.27. The van der Waals surface area contributed by atoms with Gasteiger partial charge in [0.25, 0.3) is 0 Å². The number of methoxy groups -OCH3 is 1. The Morgan fingerprint density at radius 3 is 2.43 bits per heavy atom. The van der Waals surface area contributed by atoms with E-state index < -0.39 is 5.97 Å². The number of anilines is 1. The molecule has 2 aromatic rings. The summed E-state index contributed by atoms with van der Waals surface area (Å²) in [6.07, 6.45) is 0. The monoisotopic (exact) mass is 312 g/mol. The lowest BCUT2D eigenvalue weighted by molar-refractivity contribution is -0.140. The number of pyridine rings is 1. The van der Waals surface area contributed by atoms with Crippen LogP contribution in [-0.4, -0.2) is 30.5 Å². The maximum atomic E-state index is 12.9. The van der Waals surface area contributed by atoms with Crippen LogP contribution in [0, 0.1) is 6.92 Å². The molecule has 0 aliphatic rings. The molecule has 0 saturated heterocycles. The fraction of sp³-hybridized carbons (Fsp3) is 0.278. The standard InChI is InChI=1S/C18H20N2O3/c1-13-8-7-11-16(19-13)20(12-17(21)23-3)18(22)14(2)15-9-5-4-6-10-15/h4-11,14H,12H2,1-3H3/t14-/m1/s1. The smallest absolute Gasteiger partial charge is 0.325 e. The molecule has 0 aliphatic heterocycles. The highest BCUT2D eigenvalue weighted by atomic mass is 16.5. The quantitative estimate of drug-likeness (QED) is 0.797. The number of aryl methyl sites for hydroxylation is 1. The molecule has 1 aromatic heterocycles. The molecule has 0 spiro atoms. The van der Waals surface area contributed by atoms with Crippen LogP contribution >= 0.6 is 0 Å². The molecule has 0 saturated carbocycles. The highest BCUT2D eigenvalue weighted by molar-refractivity contribution is 6.00. The molecule has 0 radical (unpaired) electrons. The first-order chi connectivity index (χ1) is 11.0. The van der Waals surface area contributed by atoms with Crippen LogP contribution in [-0.2, 0) is 14.3 Å². The fourth-order valence-electron chi connectivity index (χ4n) is 2.26. The van der Waals surface area contributed by atoms with Crippen LogP contribution < -0.4 is 4.90 Å². The van der Waals surface area contributed by atoms with Crippen LogP contribution in [0.2, 0.25) is 0 Å². The topological polar surface area (TPSA) is 59.5 Å². The van der Waals surface area contributed by atoms with Gasteiger partial charge in [-0.3, -0.25) is 14.5 Å². The third-order valence-electron chi connectivity index (χ3n) is 3.60. The van der Waals surface area contributed by atoms with E-state index >= 15 is 0 Å². The zero-order chi connectivity index (χ0) is 16.8. The van der Waals surface area contributed by atoms with Crippen molar-refractivity contribution < 1.29 is 14.3 Å². The van der Waals surface area contributed by atoms with Gasteiger partial charge in [0.05, 0.1) is 13.0 Å². The molecule has 1 heterocycles.